The van der Waals surface area contributed by atoms with E-state index in [-0.39, 0.29) is 18.2 Å². The second kappa shape index (κ2) is 9.03. The molecule has 5 heteroatoms. The minimum absolute atomic E-state index is 0.142. The van der Waals surface area contributed by atoms with Crippen LogP contribution in [0.5, 0.6) is 11.5 Å². The predicted octanol–water partition coefficient (Wildman–Crippen LogP) is 4.96. The lowest BCUT2D eigenvalue weighted by Crippen LogP contribution is -2.43. The van der Waals surface area contributed by atoms with Crippen molar-refractivity contribution in [3.8, 4) is 11.5 Å². The number of methoxy groups -OCH3 is 1. The lowest BCUT2D eigenvalue weighted by molar-refractivity contribution is 0.0813. The fourth-order valence-corrected chi connectivity index (χ4v) is 4.17. The number of ether oxygens (including phenoxy) is 3. The van der Waals surface area contributed by atoms with Crippen LogP contribution >= 0.6 is 0 Å². The quantitative estimate of drug-likeness (QED) is 0.624. The molecule has 2 aromatic rings. The van der Waals surface area contributed by atoms with Crippen LogP contribution in [-0.4, -0.2) is 36.8 Å². The topological polar surface area (TPSA) is 48.0 Å². The van der Waals surface area contributed by atoms with Crippen molar-refractivity contribution < 1.29 is 19.0 Å². The monoisotopic (exact) mass is 393 g/mol. The van der Waals surface area contributed by atoms with Gasteiger partial charge in [0.2, 0.25) is 0 Å². The molecule has 5 nitrogen and oxygen atoms in total. The summed E-state index contributed by atoms with van der Waals surface area (Å²) in [7, 11) is 1.65. The second-order valence-corrected chi connectivity index (χ2v) is 7.55. The number of hydrogen-bond acceptors (Lipinski definition) is 4. The van der Waals surface area contributed by atoms with Gasteiger partial charge in [-0.3, -0.25) is 4.90 Å². The number of fused-ring (bicyclic) bond motifs is 2. The molecule has 1 saturated heterocycles. The molecule has 1 fully saturated rings. The Labute approximate surface area is 171 Å². The molecule has 4 rings (SSSR count). The van der Waals surface area contributed by atoms with E-state index in [1.54, 1.807) is 7.11 Å². The molecule has 0 radical (unpaired) electrons. The first-order valence-electron chi connectivity index (χ1n) is 10.2. The summed E-state index contributed by atoms with van der Waals surface area (Å²) in [6.07, 6.45) is 5.84. The van der Waals surface area contributed by atoms with Crippen LogP contribution in [0, 0.1) is 0 Å². The lowest BCUT2D eigenvalue weighted by atomic mass is 9.99. The van der Waals surface area contributed by atoms with Gasteiger partial charge in [-0.25, -0.2) is 4.79 Å². The van der Waals surface area contributed by atoms with Gasteiger partial charge in [0, 0.05) is 18.5 Å². The Balaban J connectivity index is 1.29. The lowest BCUT2D eigenvalue weighted by Gasteiger charge is -2.33. The standard InChI is InChI=1S/C24H27NO4/c1-27-22-8-5-9-23(16-22)28-13-12-19-14-20-10-11-21(15-19)25(20)24(26)29-17-18-6-3-2-4-7-18/h2-9,14,16,20-21H,10-13,15,17H2,1H3. The number of carbonyl (C=O) groups excluding carboxylic acids is 1. The summed E-state index contributed by atoms with van der Waals surface area (Å²) >= 11 is 0. The van der Waals surface area contributed by atoms with Crippen molar-refractivity contribution in [3.63, 3.8) is 0 Å². The molecule has 29 heavy (non-hydrogen) atoms. The number of carbonyl (C=O) groups is 1. The first-order valence-corrected chi connectivity index (χ1v) is 10.2. The van der Waals surface area contributed by atoms with Crippen molar-refractivity contribution >= 4 is 6.09 Å². The first-order chi connectivity index (χ1) is 14.2. The Kier molecular flexibility index (Phi) is 6.03. The third-order valence-corrected chi connectivity index (χ3v) is 5.62. The normalized spacial score (nSPS) is 20.2. The summed E-state index contributed by atoms with van der Waals surface area (Å²) in [6.45, 7) is 0.942. The van der Waals surface area contributed by atoms with Crippen LogP contribution in [0.2, 0.25) is 0 Å². The summed E-state index contributed by atoms with van der Waals surface area (Å²) < 4.78 is 16.7. The van der Waals surface area contributed by atoms with E-state index in [0.29, 0.717) is 13.2 Å². The fraction of sp³-hybridized carbons (Fsp3) is 0.375. The van der Waals surface area contributed by atoms with E-state index in [2.05, 4.69) is 6.08 Å². The zero-order valence-corrected chi connectivity index (χ0v) is 16.8. The molecule has 2 aromatic carbocycles. The van der Waals surface area contributed by atoms with Crippen LogP contribution in [-0.2, 0) is 11.3 Å². The van der Waals surface area contributed by atoms with Crippen molar-refractivity contribution in [2.45, 2.75) is 44.4 Å². The summed E-state index contributed by atoms with van der Waals surface area (Å²) in [6, 6.07) is 17.8. The van der Waals surface area contributed by atoms with Crippen molar-refractivity contribution in [1.29, 1.82) is 0 Å². The molecule has 2 atom stereocenters. The highest BCUT2D eigenvalue weighted by Gasteiger charge is 2.40. The Morgan fingerprint density at radius 3 is 2.69 bits per heavy atom. The molecule has 2 unspecified atom stereocenters. The SMILES string of the molecule is COc1cccc(OCCC2=CC3CCC(C2)N3C(=O)OCc2ccccc2)c1. The molecule has 1 amide bonds. The Morgan fingerprint density at radius 2 is 1.90 bits per heavy atom. The summed E-state index contributed by atoms with van der Waals surface area (Å²) in [5, 5.41) is 0. The van der Waals surface area contributed by atoms with E-state index < -0.39 is 0 Å². The molecule has 2 heterocycles. The van der Waals surface area contributed by atoms with Crippen molar-refractivity contribution in [2.24, 2.45) is 0 Å². The van der Waals surface area contributed by atoms with E-state index in [4.69, 9.17) is 14.2 Å². The third-order valence-electron chi connectivity index (χ3n) is 5.62. The second-order valence-electron chi connectivity index (χ2n) is 7.55. The Bertz CT molecular complexity index is 864. The Hall–Kier alpha value is -2.95. The van der Waals surface area contributed by atoms with Gasteiger partial charge in [-0.15, -0.1) is 0 Å². The highest BCUT2D eigenvalue weighted by molar-refractivity contribution is 5.70. The average molecular weight is 393 g/mol. The molecule has 2 aliphatic heterocycles. The molecule has 0 N–H and O–H groups in total. The number of nitrogens with zero attached hydrogens (tertiary/aromatic N) is 1. The molecule has 0 spiro atoms. The molecular formula is C24H27NO4. The molecular weight excluding hydrogens is 366 g/mol. The van der Waals surface area contributed by atoms with Gasteiger partial charge in [-0.2, -0.15) is 0 Å². The molecule has 152 valence electrons. The van der Waals surface area contributed by atoms with E-state index in [1.165, 1.54) is 5.57 Å². The van der Waals surface area contributed by atoms with Gasteiger partial charge < -0.3 is 14.2 Å². The molecule has 0 aromatic heterocycles. The highest BCUT2D eigenvalue weighted by Crippen LogP contribution is 2.36. The van der Waals surface area contributed by atoms with Gasteiger partial charge in [0.1, 0.15) is 18.1 Å². The minimum Gasteiger partial charge on any atom is -0.497 e. The highest BCUT2D eigenvalue weighted by atomic mass is 16.6. The maximum atomic E-state index is 12.6. The number of amides is 1. The Morgan fingerprint density at radius 1 is 1.07 bits per heavy atom. The predicted molar refractivity (Wildman–Crippen MR) is 111 cm³/mol. The van der Waals surface area contributed by atoms with Crippen molar-refractivity contribution in [2.75, 3.05) is 13.7 Å². The zero-order valence-electron chi connectivity index (χ0n) is 16.8. The number of benzene rings is 2. The largest absolute Gasteiger partial charge is 0.497 e. The van der Waals surface area contributed by atoms with Crippen molar-refractivity contribution in [1.82, 2.24) is 4.90 Å². The van der Waals surface area contributed by atoms with E-state index in [9.17, 15) is 4.79 Å². The van der Waals surface area contributed by atoms with Crippen LogP contribution in [0.1, 0.15) is 31.2 Å². The van der Waals surface area contributed by atoms with Crippen LogP contribution in [0.25, 0.3) is 0 Å². The fourth-order valence-electron chi connectivity index (χ4n) is 4.17. The van der Waals surface area contributed by atoms with Gasteiger partial charge in [0.05, 0.1) is 19.8 Å². The van der Waals surface area contributed by atoms with Crippen LogP contribution in [0.3, 0.4) is 0 Å². The van der Waals surface area contributed by atoms with Crippen LogP contribution in [0.4, 0.5) is 4.79 Å². The van der Waals surface area contributed by atoms with Gasteiger partial charge in [0.15, 0.2) is 0 Å². The maximum absolute atomic E-state index is 12.6. The molecule has 2 aliphatic rings. The average Bonchev–Trinajstić information content (AvgIpc) is 3.03. The van der Waals surface area contributed by atoms with E-state index >= 15 is 0 Å². The van der Waals surface area contributed by atoms with Gasteiger partial charge >= 0.3 is 6.09 Å². The third kappa shape index (κ3) is 4.73. The smallest absolute Gasteiger partial charge is 0.410 e. The van der Waals surface area contributed by atoms with Gasteiger partial charge in [-0.05, 0) is 37.0 Å². The summed E-state index contributed by atoms with van der Waals surface area (Å²) in [5.41, 5.74) is 2.38. The van der Waals surface area contributed by atoms with Gasteiger partial charge in [0.25, 0.3) is 0 Å². The summed E-state index contributed by atoms with van der Waals surface area (Å²) in [4.78, 5) is 14.6. The molecule has 0 aliphatic carbocycles. The van der Waals surface area contributed by atoms with Gasteiger partial charge in [-0.1, -0.05) is 48.0 Å². The first kappa shape index (κ1) is 19.4. The molecule has 2 bridgehead atoms. The maximum Gasteiger partial charge on any atom is 0.410 e. The van der Waals surface area contributed by atoms with Crippen LogP contribution < -0.4 is 9.47 Å². The summed E-state index contributed by atoms with van der Waals surface area (Å²) in [5.74, 6) is 1.61. The zero-order chi connectivity index (χ0) is 20.1. The number of rotatable bonds is 7. The molecule has 0 saturated carbocycles. The van der Waals surface area contributed by atoms with E-state index in [0.717, 1.165) is 42.7 Å². The number of hydrogen-bond donors (Lipinski definition) is 0. The van der Waals surface area contributed by atoms with Crippen molar-refractivity contribution in [3.05, 3.63) is 71.8 Å². The van der Waals surface area contributed by atoms with E-state index in [1.807, 2.05) is 59.5 Å². The minimum atomic E-state index is -0.204. The van der Waals surface area contributed by atoms with Crippen LogP contribution in [0.15, 0.2) is 66.2 Å².